The molecule has 0 atom stereocenters. The highest BCUT2D eigenvalue weighted by Crippen LogP contribution is 2.29. The number of imidazole rings is 1. The van der Waals surface area contributed by atoms with E-state index in [4.69, 9.17) is 0 Å². The van der Waals surface area contributed by atoms with Crippen LogP contribution in [0.3, 0.4) is 0 Å². The zero-order valence-corrected chi connectivity index (χ0v) is 10.5. The summed E-state index contributed by atoms with van der Waals surface area (Å²) in [5.74, 6) is 1.06. The summed E-state index contributed by atoms with van der Waals surface area (Å²) in [6.07, 6.45) is 10.4. The summed E-state index contributed by atoms with van der Waals surface area (Å²) >= 11 is 0. The molecule has 1 aromatic rings. The molecule has 0 unspecified atom stereocenters. The van der Waals surface area contributed by atoms with E-state index in [1.165, 1.54) is 38.5 Å². The van der Waals surface area contributed by atoms with Gasteiger partial charge in [0.25, 0.3) is 0 Å². The van der Waals surface area contributed by atoms with Crippen molar-refractivity contribution in [2.75, 3.05) is 11.9 Å². The van der Waals surface area contributed by atoms with E-state index >= 15 is 0 Å². The maximum absolute atomic E-state index is 4.56. The fourth-order valence-electron chi connectivity index (χ4n) is 2.62. The lowest BCUT2D eigenvalue weighted by molar-refractivity contribution is 0.447. The molecule has 0 bridgehead atoms. The molecule has 3 heteroatoms. The lowest BCUT2D eigenvalue weighted by Crippen LogP contribution is -2.12. The first-order valence-corrected chi connectivity index (χ1v) is 6.60. The zero-order chi connectivity index (χ0) is 11.4. The lowest BCUT2D eigenvalue weighted by atomic mass is 10.1. The predicted molar refractivity (Wildman–Crippen MR) is 67.9 cm³/mol. The van der Waals surface area contributed by atoms with Gasteiger partial charge in [0.05, 0.1) is 5.69 Å². The summed E-state index contributed by atoms with van der Waals surface area (Å²) in [6, 6.07) is 0.665. The Bertz CT molecular complexity index is 322. The van der Waals surface area contributed by atoms with Gasteiger partial charge in [0, 0.05) is 18.8 Å². The molecule has 2 rings (SSSR count). The second-order valence-corrected chi connectivity index (χ2v) is 4.79. The van der Waals surface area contributed by atoms with Gasteiger partial charge < -0.3 is 9.88 Å². The van der Waals surface area contributed by atoms with Crippen LogP contribution >= 0.6 is 0 Å². The average molecular weight is 221 g/mol. The van der Waals surface area contributed by atoms with E-state index in [1.54, 1.807) is 0 Å². The molecule has 16 heavy (non-hydrogen) atoms. The van der Waals surface area contributed by atoms with Gasteiger partial charge in [-0.1, -0.05) is 25.7 Å². The maximum atomic E-state index is 4.56. The molecule has 90 valence electrons. The molecule has 1 fully saturated rings. The van der Waals surface area contributed by atoms with Crippen LogP contribution in [0.1, 0.15) is 57.2 Å². The zero-order valence-electron chi connectivity index (χ0n) is 10.5. The minimum Gasteiger partial charge on any atom is -0.356 e. The molecule has 1 aliphatic carbocycles. The van der Waals surface area contributed by atoms with Crippen molar-refractivity contribution in [1.29, 1.82) is 0 Å². The van der Waals surface area contributed by atoms with Crippen LogP contribution in [0.25, 0.3) is 0 Å². The van der Waals surface area contributed by atoms with Crippen molar-refractivity contribution in [1.82, 2.24) is 9.55 Å². The van der Waals surface area contributed by atoms with Crippen LogP contribution in [0, 0.1) is 6.92 Å². The van der Waals surface area contributed by atoms with Crippen LogP contribution in [0.2, 0.25) is 0 Å². The van der Waals surface area contributed by atoms with Crippen LogP contribution in [-0.2, 0) is 0 Å². The quantitative estimate of drug-likeness (QED) is 0.791. The first kappa shape index (κ1) is 11.5. The summed E-state index contributed by atoms with van der Waals surface area (Å²) in [4.78, 5) is 4.56. The summed E-state index contributed by atoms with van der Waals surface area (Å²) < 4.78 is 2.37. The van der Waals surface area contributed by atoms with Crippen LogP contribution in [0.4, 0.5) is 5.95 Å². The molecule has 0 aliphatic heterocycles. The Morgan fingerprint density at radius 1 is 1.31 bits per heavy atom. The third kappa shape index (κ3) is 2.57. The van der Waals surface area contributed by atoms with Gasteiger partial charge in [-0.3, -0.25) is 0 Å². The number of nitrogens with one attached hydrogen (secondary N) is 1. The number of hydrogen-bond acceptors (Lipinski definition) is 2. The molecule has 3 nitrogen and oxygen atoms in total. The predicted octanol–water partition coefficient (Wildman–Crippen LogP) is 3.52. The monoisotopic (exact) mass is 221 g/mol. The molecular formula is C13H23N3. The van der Waals surface area contributed by atoms with E-state index in [9.17, 15) is 0 Å². The van der Waals surface area contributed by atoms with E-state index in [2.05, 4.69) is 34.9 Å². The fourth-order valence-corrected chi connectivity index (χ4v) is 2.62. The van der Waals surface area contributed by atoms with Gasteiger partial charge in [0.1, 0.15) is 0 Å². The third-order valence-corrected chi connectivity index (χ3v) is 3.41. The first-order valence-electron chi connectivity index (χ1n) is 6.60. The molecule has 1 aliphatic rings. The van der Waals surface area contributed by atoms with Crippen molar-refractivity contribution < 1.29 is 0 Å². The highest BCUT2D eigenvalue weighted by Gasteiger charge is 2.17. The SMILES string of the molecule is CCNc1nc(C)cn1C1CCCCCC1. The van der Waals surface area contributed by atoms with E-state index < -0.39 is 0 Å². The highest BCUT2D eigenvalue weighted by atomic mass is 15.2. The number of aromatic nitrogens is 2. The molecule has 1 saturated carbocycles. The van der Waals surface area contributed by atoms with Crippen molar-refractivity contribution in [3.63, 3.8) is 0 Å². The molecule has 0 aromatic carbocycles. The van der Waals surface area contributed by atoms with Crippen LogP contribution < -0.4 is 5.32 Å². The van der Waals surface area contributed by atoms with Gasteiger partial charge in [-0.25, -0.2) is 4.98 Å². The second kappa shape index (κ2) is 5.37. The van der Waals surface area contributed by atoms with E-state index in [0.29, 0.717) is 6.04 Å². The van der Waals surface area contributed by atoms with Gasteiger partial charge in [0.2, 0.25) is 5.95 Å². The molecule has 1 N–H and O–H groups in total. The number of aryl methyl sites for hydroxylation is 1. The largest absolute Gasteiger partial charge is 0.356 e. The molecule has 0 saturated heterocycles. The van der Waals surface area contributed by atoms with Gasteiger partial charge in [-0.05, 0) is 26.7 Å². The molecule has 1 heterocycles. The minimum absolute atomic E-state index is 0.665. The fraction of sp³-hybridized carbons (Fsp3) is 0.769. The summed E-state index contributed by atoms with van der Waals surface area (Å²) in [5, 5.41) is 3.37. The lowest BCUT2D eigenvalue weighted by Gasteiger charge is -2.18. The Morgan fingerprint density at radius 3 is 2.62 bits per heavy atom. The Labute approximate surface area is 98.3 Å². The summed E-state index contributed by atoms with van der Waals surface area (Å²) in [5.41, 5.74) is 1.13. The van der Waals surface area contributed by atoms with Crippen LogP contribution in [0.15, 0.2) is 6.20 Å². The Morgan fingerprint density at radius 2 is 2.00 bits per heavy atom. The molecule has 0 radical (unpaired) electrons. The van der Waals surface area contributed by atoms with Gasteiger partial charge in [-0.2, -0.15) is 0 Å². The first-order chi connectivity index (χ1) is 7.81. The van der Waals surface area contributed by atoms with Crippen molar-refractivity contribution in [3.05, 3.63) is 11.9 Å². The highest BCUT2D eigenvalue weighted by molar-refractivity contribution is 5.29. The average Bonchev–Trinajstić information content (AvgIpc) is 2.52. The Kier molecular flexibility index (Phi) is 3.86. The summed E-state index contributed by atoms with van der Waals surface area (Å²) in [6.45, 7) is 5.15. The third-order valence-electron chi connectivity index (χ3n) is 3.41. The van der Waals surface area contributed by atoms with Gasteiger partial charge >= 0.3 is 0 Å². The minimum atomic E-state index is 0.665. The summed E-state index contributed by atoms with van der Waals surface area (Å²) in [7, 11) is 0. The van der Waals surface area contributed by atoms with Crippen molar-refractivity contribution in [2.45, 2.75) is 58.4 Å². The number of nitrogens with zero attached hydrogens (tertiary/aromatic N) is 2. The molecule has 0 amide bonds. The van der Waals surface area contributed by atoms with Crippen LogP contribution in [0.5, 0.6) is 0 Å². The number of rotatable bonds is 3. The Hall–Kier alpha value is -0.990. The van der Waals surface area contributed by atoms with E-state index in [0.717, 1.165) is 18.2 Å². The van der Waals surface area contributed by atoms with E-state index in [-0.39, 0.29) is 0 Å². The smallest absolute Gasteiger partial charge is 0.203 e. The Balaban J connectivity index is 2.16. The van der Waals surface area contributed by atoms with Crippen molar-refractivity contribution >= 4 is 5.95 Å². The number of hydrogen-bond donors (Lipinski definition) is 1. The maximum Gasteiger partial charge on any atom is 0.203 e. The standard InChI is InChI=1S/C13H23N3/c1-3-14-13-15-11(2)10-16(13)12-8-6-4-5-7-9-12/h10,12H,3-9H2,1-2H3,(H,14,15). The molecule has 1 aromatic heterocycles. The van der Waals surface area contributed by atoms with Crippen molar-refractivity contribution in [3.8, 4) is 0 Å². The van der Waals surface area contributed by atoms with E-state index in [1.807, 2.05) is 0 Å². The van der Waals surface area contributed by atoms with Crippen molar-refractivity contribution in [2.24, 2.45) is 0 Å². The van der Waals surface area contributed by atoms with Gasteiger partial charge in [-0.15, -0.1) is 0 Å². The topological polar surface area (TPSA) is 29.9 Å². The number of anilines is 1. The normalized spacial score (nSPS) is 18.4. The van der Waals surface area contributed by atoms with Gasteiger partial charge in [0.15, 0.2) is 0 Å². The van der Waals surface area contributed by atoms with Crippen LogP contribution in [-0.4, -0.2) is 16.1 Å². The molecular weight excluding hydrogens is 198 g/mol. The molecule has 0 spiro atoms. The second-order valence-electron chi connectivity index (χ2n) is 4.79.